The maximum absolute atomic E-state index is 2.59. The lowest BCUT2D eigenvalue weighted by molar-refractivity contribution is 0.589. The molecule has 0 N–H and O–H groups in total. The number of benzene rings is 8. The molecule has 314 valence electrons. The average molecular weight is 847 g/mol. The van der Waals surface area contributed by atoms with Crippen LogP contribution in [-0.2, 0) is 16.2 Å². The Bertz CT molecular complexity index is 3270. The molecule has 0 unspecified atom stereocenters. The van der Waals surface area contributed by atoms with E-state index in [9.17, 15) is 0 Å². The van der Waals surface area contributed by atoms with E-state index in [2.05, 4.69) is 242 Å². The van der Waals surface area contributed by atoms with Gasteiger partial charge in [0.2, 0.25) is 0 Å². The van der Waals surface area contributed by atoms with Gasteiger partial charge in [-0.05, 0) is 132 Å². The summed E-state index contributed by atoms with van der Waals surface area (Å²) >= 11 is 1.88. The summed E-state index contributed by atoms with van der Waals surface area (Å²) in [6.45, 7) is 21.1. The van der Waals surface area contributed by atoms with E-state index < -0.39 is 0 Å². The Kier molecular flexibility index (Phi) is 9.21. The number of thiophene rings is 1. The zero-order chi connectivity index (χ0) is 44.3. The van der Waals surface area contributed by atoms with Crippen LogP contribution in [0.4, 0.5) is 34.1 Å². The monoisotopic (exact) mass is 846 g/mol. The molecule has 0 atom stereocenters. The number of anilines is 6. The predicted octanol–water partition coefficient (Wildman–Crippen LogP) is 15.4. The highest BCUT2D eigenvalue weighted by atomic mass is 32.1. The van der Waals surface area contributed by atoms with E-state index >= 15 is 0 Å². The molecule has 0 saturated heterocycles. The Hall–Kier alpha value is -6.36. The van der Waals surface area contributed by atoms with Crippen molar-refractivity contribution in [3.8, 4) is 22.3 Å². The minimum atomic E-state index is -0.106. The van der Waals surface area contributed by atoms with Gasteiger partial charge in [0, 0.05) is 54.3 Å². The molecule has 8 aromatic carbocycles. The number of hydrogen-bond acceptors (Lipinski definition) is 3. The van der Waals surface area contributed by atoms with Gasteiger partial charge in [0.25, 0.3) is 6.71 Å². The van der Waals surface area contributed by atoms with Gasteiger partial charge in [-0.25, -0.2) is 0 Å². The molecule has 0 radical (unpaired) electrons. The first-order chi connectivity index (χ1) is 30.6. The lowest BCUT2D eigenvalue weighted by Crippen LogP contribution is -2.61. The fraction of sp³-hybridized carbons (Fsp3) is 0.200. The van der Waals surface area contributed by atoms with Gasteiger partial charge in [-0.2, -0.15) is 0 Å². The molecular weight excluding hydrogens is 792 g/mol. The first kappa shape index (κ1) is 40.4. The van der Waals surface area contributed by atoms with Crippen molar-refractivity contribution >= 4 is 88.7 Å². The molecule has 4 heteroatoms. The van der Waals surface area contributed by atoms with E-state index in [0.29, 0.717) is 0 Å². The van der Waals surface area contributed by atoms with Crippen molar-refractivity contribution in [3.05, 3.63) is 187 Å². The number of nitrogens with zero attached hydrogens (tertiary/aromatic N) is 2. The standard InChI is InChI=1S/C60H55BN2S/c1-58(2,3)41-27-33-50-49(34-41)61-48-32-26-42(59(4,5)6)35-51(48)63(45-30-24-40(25-31-45)46-19-15-21-55-56(46)47-18-13-14-20-54(47)64-55)53-37-43(60(7,8)9)36-52(57(53)61)62(50)44-28-22-39(23-29-44)38-16-11-10-12-17-38/h10-37H,1-9H3. The minimum absolute atomic E-state index is 0.0165. The van der Waals surface area contributed by atoms with Crippen LogP contribution in [0.2, 0.25) is 0 Å². The first-order valence-electron chi connectivity index (χ1n) is 22.9. The maximum atomic E-state index is 2.59. The average Bonchev–Trinajstić information content (AvgIpc) is 3.67. The van der Waals surface area contributed by atoms with Crippen LogP contribution < -0.4 is 26.2 Å². The molecule has 2 nitrogen and oxygen atoms in total. The number of fused-ring (bicyclic) bond motifs is 7. The SMILES string of the molecule is CC(C)(C)c1ccc2c(c1)B1c3ccc(C(C)(C)C)cc3N(c3ccc(-c4cccc5sc6ccccc6c45)cc3)c3cc(C(C)(C)C)cc(c31)N2c1ccc(-c2ccccc2)cc1. The molecule has 0 fully saturated rings. The van der Waals surface area contributed by atoms with Gasteiger partial charge in [-0.15, -0.1) is 11.3 Å². The smallest absolute Gasteiger partial charge is 0.252 e. The highest BCUT2D eigenvalue weighted by Gasteiger charge is 2.45. The first-order valence-corrected chi connectivity index (χ1v) is 23.7. The van der Waals surface area contributed by atoms with Crippen LogP contribution in [0.15, 0.2) is 170 Å². The van der Waals surface area contributed by atoms with Crippen LogP contribution in [0.1, 0.15) is 79.0 Å². The van der Waals surface area contributed by atoms with Crippen LogP contribution in [0.25, 0.3) is 42.4 Å². The second kappa shape index (κ2) is 14.6. The van der Waals surface area contributed by atoms with Gasteiger partial charge < -0.3 is 9.80 Å². The van der Waals surface area contributed by atoms with Crippen molar-refractivity contribution in [1.29, 1.82) is 0 Å². The molecular formula is C60H55BN2S. The van der Waals surface area contributed by atoms with Gasteiger partial charge in [-0.3, -0.25) is 0 Å². The van der Waals surface area contributed by atoms with Crippen LogP contribution in [0.5, 0.6) is 0 Å². The highest BCUT2D eigenvalue weighted by molar-refractivity contribution is 7.26. The third-order valence-electron chi connectivity index (χ3n) is 13.7. The normalized spacial score (nSPS) is 13.6. The van der Waals surface area contributed by atoms with Crippen molar-refractivity contribution in [2.24, 2.45) is 0 Å². The van der Waals surface area contributed by atoms with Crippen molar-refractivity contribution in [2.75, 3.05) is 9.80 Å². The van der Waals surface area contributed by atoms with Gasteiger partial charge in [0.15, 0.2) is 0 Å². The van der Waals surface area contributed by atoms with Crippen LogP contribution >= 0.6 is 11.3 Å². The van der Waals surface area contributed by atoms with Crippen molar-refractivity contribution in [1.82, 2.24) is 0 Å². The molecule has 11 rings (SSSR count). The zero-order valence-corrected chi connectivity index (χ0v) is 39.4. The largest absolute Gasteiger partial charge is 0.311 e. The van der Waals surface area contributed by atoms with E-state index in [0.717, 1.165) is 11.4 Å². The minimum Gasteiger partial charge on any atom is -0.311 e. The van der Waals surface area contributed by atoms with E-state index in [1.807, 2.05) is 11.3 Å². The van der Waals surface area contributed by atoms with Gasteiger partial charge >= 0.3 is 0 Å². The summed E-state index contributed by atoms with van der Waals surface area (Å²) in [6.07, 6.45) is 0. The molecule has 2 aliphatic heterocycles. The summed E-state index contributed by atoms with van der Waals surface area (Å²) in [5.74, 6) is 0. The Morgan fingerprint density at radius 2 is 0.922 bits per heavy atom. The second-order valence-electron chi connectivity index (χ2n) is 21.1. The van der Waals surface area contributed by atoms with E-state index in [1.165, 1.54) is 98.3 Å². The van der Waals surface area contributed by atoms with Crippen molar-refractivity contribution < 1.29 is 0 Å². The fourth-order valence-corrected chi connectivity index (χ4v) is 11.3. The topological polar surface area (TPSA) is 6.48 Å². The fourth-order valence-electron chi connectivity index (χ4n) is 10.2. The van der Waals surface area contributed by atoms with Crippen LogP contribution in [0, 0.1) is 0 Å². The predicted molar refractivity (Wildman–Crippen MR) is 280 cm³/mol. The van der Waals surface area contributed by atoms with Crippen LogP contribution in [0.3, 0.4) is 0 Å². The molecule has 0 amide bonds. The Labute approximate surface area is 383 Å². The molecule has 0 saturated carbocycles. The molecule has 64 heavy (non-hydrogen) atoms. The summed E-state index contributed by atoms with van der Waals surface area (Å²) < 4.78 is 2.66. The van der Waals surface area contributed by atoms with Gasteiger partial charge in [0.05, 0.1) is 0 Å². The number of hydrogen-bond donors (Lipinski definition) is 0. The van der Waals surface area contributed by atoms with Crippen molar-refractivity contribution in [3.63, 3.8) is 0 Å². The summed E-state index contributed by atoms with van der Waals surface area (Å²) in [7, 11) is 0. The Morgan fingerprint density at radius 1 is 0.391 bits per heavy atom. The molecule has 1 aromatic heterocycles. The summed E-state index contributed by atoms with van der Waals surface area (Å²) in [5.41, 5.74) is 20.2. The number of rotatable bonds is 4. The molecule has 2 aliphatic rings. The van der Waals surface area contributed by atoms with E-state index in [1.54, 1.807) is 0 Å². The van der Waals surface area contributed by atoms with Gasteiger partial charge in [-0.1, -0.05) is 172 Å². The third kappa shape index (κ3) is 6.60. The lowest BCUT2D eigenvalue weighted by atomic mass is 9.33. The second-order valence-corrected chi connectivity index (χ2v) is 22.1. The Balaban J connectivity index is 1.17. The molecule has 9 aromatic rings. The summed E-state index contributed by atoms with van der Waals surface area (Å²) in [5, 5.41) is 2.67. The molecule has 0 spiro atoms. The zero-order valence-electron chi connectivity index (χ0n) is 38.5. The summed E-state index contributed by atoms with van der Waals surface area (Å²) in [6, 6.07) is 64.6. The van der Waals surface area contributed by atoms with Gasteiger partial charge in [0.1, 0.15) is 0 Å². The highest BCUT2D eigenvalue weighted by Crippen LogP contribution is 2.48. The lowest BCUT2D eigenvalue weighted by Gasteiger charge is -2.45. The molecule has 0 bridgehead atoms. The molecule has 0 aliphatic carbocycles. The van der Waals surface area contributed by atoms with Crippen LogP contribution in [-0.4, -0.2) is 6.71 Å². The van der Waals surface area contributed by atoms with Crippen molar-refractivity contribution in [2.45, 2.75) is 78.6 Å². The molecule has 3 heterocycles. The Morgan fingerprint density at radius 3 is 1.58 bits per heavy atom. The third-order valence-corrected chi connectivity index (χ3v) is 14.9. The summed E-state index contributed by atoms with van der Waals surface area (Å²) in [4.78, 5) is 5.15. The maximum Gasteiger partial charge on any atom is 0.252 e. The van der Waals surface area contributed by atoms with E-state index in [4.69, 9.17) is 0 Å². The van der Waals surface area contributed by atoms with E-state index in [-0.39, 0.29) is 23.0 Å². The quantitative estimate of drug-likeness (QED) is 0.163.